The quantitative estimate of drug-likeness (QED) is 0.899. The number of rotatable bonds is 5. The highest BCUT2D eigenvalue weighted by atomic mass is 16.5. The molecule has 1 amide bonds. The maximum Gasteiger partial charge on any atom is 0.225 e. The van der Waals surface area contributed by atoms with Gasteiger partial charge in [0.05, 0.1) is 13.2 Å². The van der Waals surface area contributed by atoms with Crippen LogP contribution in [0.15, 0.2) is 24.3 Å². The molecule has 1 aliphatic carbocycles. The molecule has 2 fully saturated rings. The molecule has 0 aromatic heterocycles. The maximum atomic E-state index is 12.7. The summed E-state index contributed by atoms with van der Waals surface area (Å²) >= 11 is 0. The molecule has 1 aliphatic heterocycles. The van der Waals surface area contributed by atoms with E-state index in [1.165, 1.54) is 0 Å². The van der Waals surface area contributed by atoms with Crippen LogP contribution in [0.2, 0.25) is 0 Å². The summed E-state index contributed by atoms with van der Waals surface area (Å²) in [7, 11) is 1.64. The van der Waals surface area contributed by atoms with Gasteiger partial charge in [-0.05, 0) is 49.3 Å². The molecule has 3 rings (SSSR count). The van der Waals surface area contributed by atoms with Crippen molar-refractivity contribution in [1.82, 2.24) is 4.90 Å². The minimum atomic E-state index is -0.263. The van der Waals surface area contributed by atoms with Crippen LogP contribution >= 0.6 is 0 Å². The molecular weight excluding hydrogens is 302 g/mol. The van der Waals surface area contributed by atoms with Crippen LogP contribution < -0.4 is 10.5 Å². The summed E-state index contributed by atoms with van der Waals surface area (Å²) < 4.78 is 5.15. The van der Waals surface area contributed by atoms with Gasteiger partial charge in [0.2, 0.25) is 5.91 Å². The Labute approximate surface area is 143 Å². The third kappa shape index (κ3) is 3.39. The van der Waals surface area contributed by atoms with E-state index >= 15 is 0 Å². The fourth-order valence-electron chi connectivity index (χ4n) is 4.23. The number of nitrogens with two attached hydrogens (primary N) is 1. The molecule has 5 heteroatoms. The van der Waals surface area contributed by atoms with E-state index in [0.717, 1.165) is 37.0 Å². The van der Waals surface area contributed by atoms with E-state index in [-0.39, 0.29) is 24.0 Å². The van der Waals surface area contributed by atoms with Gasteiger partial charge in [0.25, 0.3) is 0 Å². The van der Waals surface area contributed by atoms with Crippen molar-refractivity contribution < 1.29 is 9.53 Å². The molecule has 1 aromatic carbocycles. The van der Waals surface area contributed by atoms with Crippen LogP contribution in [0.4, 0.5) is 0 Å². The van der Waals surface area contributed by atoms with Crippen molar-refractivity contribution in [3.8, 4) is 11.8 Å². The maximum absolute atomic E-state index is 12.7. The van der Waals surface area contributed by atoms with E-state index in [2.05, 4.69) is 6.07 Å². The van der Waals surface area contributed by atoms with Gasteiger partial charge in [-0.15, -0.1) is 0 Å². The van der Waals surface area contributed by atoms with Gasteiger partial charge in [-0.3, -0.25) is 4.79 Å². The molecule has 4 atom stereocenters. The summed E-state index contributed by atoms with van der Waals surface area (Å²) in [4.78, 5) is 14.6. The molecule has 0 radical (unpaired) electrons. The zero-order valence-corrected chi connectivity index (χ0v) is 14.1. The predicted molar refractivity (Wildman–Crippen MR) is 91.3 cm³/mol. The van der Waals surface area contributed by atoms with Crippen LogP contribution in [0.25, 0.3) is 0 Å². The Balaban J connectivity index is 1.59. The van der Waals surface area contributed by atoms with E-state index in [9.17, 15) is 10.1 Å². The van der Waals surface area contributed by atoms with Crippen LogP contribution in [-0.4, -0.2) is 36.0 Å². The molecular formula is C19H25N3O2. The SMILES string of the molecule is COc1ccc(C[C@@H](N)CC(=O)N2[C@H](C#N)C[C@@H]3CCC[C@@H]32)cc1. The zero-order valence-electron chi connectivity index (χ0n) is 14.1. The topological polar surface area (TPSA) is 79.3 Å². The van der Waals surface area contributed by atoms with Crippen LogP contribution in [0.5, 0.6) is 5.75 Å². The van der Waals surface area contributed by atoms with E-state index in [1.807, 2.05) is 29.2 Å². The zero-order chi connectivity index (χ0) is 17.1. The average Bonchev–Trinajstić information content (AvgIpc) is 3.15. The number of hydrogen-bond acceptors (Lipinski definition) is 4. The molecule has 2 aliphatic rings. The van der Waals surface area contributed by atoms with Gasteiger partial charge in [0.1, 0.15) is 11.8 Å². The minimum absolute atomic E-state index is 0.0389. The van der Waals surface area contributed by atoms with Gasteiger partial charge in [-0.1, -0.05) is 18.6 Å². The first kappa shape index (κ1) is 16.8. The highest BCUT2D eigenvalue weighted by Gasteiger charge is 2.45. The Morgan fingerprint density at radius 3 is 2.83 bits per heavy atom. The third-order valence-electron chi connectivity index (χ3n) is 5.37. The van der Waals surface area contributed by atoms with E-state index in [1.54, 1.807) is 7.11 Å². The Kier molecular flexibility index (Phi) is 5.06. The smallest absolute Gasteiger partial charge is 0.225 e. The second-order valence-corrected chi connectivity index (χ2v) is 6.96. The van der Waals surface area contributed by atoms with Crippen molar-refractivity contribution in [2.24, 2.45) is 11.7 Å². The Morgan fingerprint density at radius 1 is 1.42 bits per heavy atom. The standard InChI is InChI=1S/C19H25N3O2/c1-24-17-7-5-13(6-8-17)9-15(21)11-19(23)22-16(12-20)10-14-3-2-4-18(14)22/h5-8,14-16,18H,2-4,9-11,21H2,1H3/t14-,15+,16-,18-/m0/s1. The molecule has 2 N–H and O–H groups in total. The Hall–Kier alpha value is -2.06. The first-order valence-corrected chi connectivity index (χ1v) is 8.71. The van der Waals surface area contributed by atoms with Gasteiger partial charge in [-0.25, -0.2) is 0 Å². The fourth-order valence-corrected chi connectivity index (χ4v) is 4.23. The lowest BCUT2D eigenvalue weighted by Crippen LogP contribution is -2.43. The number of likely N-dealkylation sites (tertiary alicyclic amines) is 1. The predicted octanol–water partition coefficient (Wildman–Crippen LogP) is 2.25. The molecule has 5 nitrogen and oxygen atoms in total. The minimum Gasteiger partial charge on any atom is -0.497 e. The van der Waals surface area contributed by atoms with Crippen LogP contribution in [0.1, 0.15) is 37.7 Å². The number of fused-ring (bicyclic) bond motifs is 1. The van der Waals surface area contributed by atoms with Crippen molar-refractivity contribution in [2.75, 3.05) is 7.11 Å². The lowest BCUT2D eigenvalue weighted by Gasteiger charge is -2.27. The largest absolute Gasteiger partial charge is 0.497 e. The summed E-state index contributed by atoms with van der Waals surface area (Å²) in [5, 5.41) is 9.37. The van der Waals surface area contributed by atoms with Crippen molar-refractivity contribution in [2.45, 2.75) is 56.7 Å². The van der Waals surface area contributed by atoms with Gasteiger partial charge in [-0.2, -0.15) is 5.26 Å². The summed E-state index contributed by atoms with van der Waals surface area (Å²) in [6.07, 6.45) is 5.12. The number of ether oxygens (including phenoxy) is 1. The first-order valence-electron chi connectivity index (χ1n) is 8.71. The lowest BCUT2D eigenvalue weighted by atomic mass is 10.0. The summed E-state index contributed by atoms with van der Waals surface area (Å²) in [6, 6.07) is 9.83. The van der Waals surface area contributed by atoms with Crippen LogP contribution in [0.3, 0.4) is 0 Å². The number of benzene rings is 1. The average molecular weight is 327 g/mol. The monoisotopic (exact) mass is 327 g/mol. The van der Waals surface area contributed by atoms with Crippen molar-refractivity contribution >= 4 is 5.91 Å². The van der Waals surface area contributed by atoms with Crippen molar-refractivity contribution in [1.29, 1.82) is 5.26 Å². The lowest BCUT2D eigenvalue weighted by molar-refractivity contribution is -0.133. The first-order chi connectivity index (χ1) is 11.6. The van der Waals surface area contributed by atoms with Gasteiger partial charge in [0, 0.05) is 18.5 Å². The second-order valence-electron chi connectivity index (χ2n) is 6.96. The number of amides is 1. The van der Waals surface area contributed by atoms with Crippen molar-refractivity contribution in [3.63, 3.8) is 0 Å². The molecule has 0 unspecified atom stereocenters. The van der Waals surface area contributed by atoms with E-state index < -0.39 is 0 Å². The number of nitrogens with zero attached hydrogens (tertiary/aromatic N) is 2. The Morgan fingerprint density at radius 2 is 2.17 bits per heavy atom. The third-order valence-corrected chi connectivity index (χ3v) is 5.37. The van der Waals surface area contributed by atoms with Gasteiger partial charge < -0.3 is 15.4 Å². The van der Waals surface area contributed by atoms with Crippen molar-refractivity contribution in [3.05, 3.63) is 29.8 Å². The van der Waals surface area contributed by atoms with Gasteiger partial charge in [0.15, 0.2) is 0 Å². The van der Waals surface area contributed by atoms with Crippen LogP contribution in [-0.2, 0) is 11.2 Å². The van der Waals surface area contributed by atoms with E-state index in [4.69, 9.17) is 10.5 Å². The highest BCUT2D eigenvalue weighted by Crippen LogP contribution is 2.41. The molecule has 1 aromatic rings. The van der Waals surface area contributed by atoms with Crippen LogP contribution in [0, 0.1) is 17.2 Å². The molecule has 1 saturated heterocycles. The number of carbonyl (C=O) groups is 1. The highest BCUT2D eigenvalue weighted by molar-refractivity contribution is 5.78. The second kappa shape index (κ2) is 7.23. The number of methoxy groups -OCH3 is 1. The summed E-state index contributed by atoms with van der Waals surface area (Å²) in [5.41, 5.74) is 7.30. The molecule has 0 spiro atoms. The number of hydrogen-bond donors (Lipinski definition) is 1. The molecule has 1 saturated carbocycles. The molecule has 128 valence electrons. The summed E-state index contributed by atoms with van der Waals surface area (Å²) in [6.45, 7) is 0. The normalized spacial score (nSPS) is 26.7. The summed E-state index contributed by atoms with van der Waals surface area (Å²) in [5.74, 6) is 1.36. The molecule has 24 heavy (non-hydrogen) atoms. The Bertz CT molecular complexity index is 622. The molecule has 1 heterocycles. The van der Waals surface area contributed by atoms with E-state index in [0.29, 0.717) is 18.8 Å². The fraction of sp³-hybridized carbons (Fsp3) is 0.579. The van der Waals surface area contributed by atoms with Gasteiger partial charge >= 0.3 is 0 Å². The molecule has 0 bridgehead atoms. The number of carbonyl (C=O) groups excluding carboxylic acids is 1. The number of nitriles is 1.